The van der Waals surface area contributed by atoms with Crippen LogP contribution in [-0.4, -0.2) is 15.7 Å². The first-order chi connectivity index (χ1) is 16.5. The predicted octanol–water partition coefficient (Wildman–Crippen LogP) is 7.80. The number of fused-ring (bicyclic) bond motifs is 1. The Labute approximate surface area is 211 Å². The average molecular weight is 507 g/mol. The number of imide groups is 1. The molecule has 1 aliphatic heterocycles. The molecule has 4 nitrogen and oxygen atoms in total. The number of benzene rings is 3. The number of anilines is 1. The highest BCUT2D eigenvalue weighted by atomic mass is 35.5. The van der Waals surface area contributed by atoms with Crippen LogP contribution in [0.15, 0.2) is 77.8 Å². The van der Waals surface area contributed by atoms with E-state index in [1.807, 2.05) is 42.6 Å². The van der Waals surface area contributed by atoms with Crippen LogP contribution in [0.2, 0.25) is 10.0 Å². The molecule has 0 N–H and O–H groups in total. The fourth-order valence-corrected chi connectivity index (χ4v) is 5.46. The van der Waals surface area contributed by atoms with Crippen molar-refractivity contribution >= 4 is 68.8 Å². The van der Waals surface area contributed by atoms with Crippen LogP contribution in [0.4, 0.5) is 10.5 Å². The molecule has 3 aromatic carbocycles. The Bertz CT molecular complexity index is 1470. The molecular formula is C27H20Cl2N2O2S. The number of thioether (sulfide) groups is 1. The normalized spacial score (nSPS) is 15.1. The summed E-state index contributed by atoms with van der Waals surface area (Å²) in [4.78, 5) is 27.4. The first kappa shape index (κ1) is 22.8. The molecule has 0 saturated carbocycles. The highest BCUT2D eigenvalue weighted by Crippen LogP contribution is 2.38. The molecule has 1 fully saturated rings. The number of carbonyl (C=O) groups excluding carboxylic acids is 2. The minimum absolute atomic E-state index is 0.340. The Balaban J connectivity index is 1.59. The standard InChI is InChI=1S/C27H20Cl2N2O2S/c1-2-17-8-5-11-22-19(16-30(25(17)22)15-18-7-3-4-12-23(18)29)13-24-26(32)31(27(33)34-24)21-10-6-9-20(28)14-21/h3-14,16H,2,15H2,1H3/b24-13-. The largest absolute Gasteiger partial charge is 0.342 e. The number of hydrogen-bond donors (Lipinski definition) is 0. The minimum atomic E-state index is -0.351. The van der Waals surface area contributed by atoms with E-state index in [-0.39, 0.29) is 11.1 Å². The van der Waals surface area contributed by atoms with E-state index < -0.39 is 0 Å². The second kappa shape index (κ2) is 9.34. The number of rotatable bonds is 5. The molecular weight excluding hydrogens is 487 g/mol. The molecule has 7 heteroatoms. The lowest BCUT2D eigenvalue weighted by atomic mass is 10.1. The monoisotopic (exact) mass is 506 g/mol. The van der Waals surface area contributed by atoms with Crippen LogP contribution in [0.25, 0.3) is 17.0 Å². The van der Waals surface area contributed by atoms with Gasteiger partial charge in [0.15, 0.2) is 0 Å². The number of amides is 2. The van der Waals surface area contributed by atoms with Crippen LogP contribution >= 0.6 is 35.0 Å². The van der Waals surface area contributed by atoms with Crippen molar-refractivity contribution in [1.29, 1.82) is 0 Å². The topological polar surface area (TPSA) is 42.3 Å². The number of carbonyl (C=O) groups is 2. The lowest BCUT2D eigenvalue weighted by Gasteiger charge is -2.12. The molecule has 0 bridgehead atoms. The van der Waals surface area contributed by atoms with Crippen molar-refractivity contribution in [3.05, 3.63) is 105 Å². The van der Waals surface area contributed by atoms with E-state index in [9.17, 15) is 9.59 Å². The van der Waals surface area contributed by atoms with Gasteiger partial charge in [0, 0.05) is 33.7 Å². The molecule has 0 spiro atoms. The predicted molar refractivity (Wildman–Crippen MR) is 142 cm³/mol. The van der Waals surface area contributed by atoms with Crippen LogP contribution in [0.1, 0.15) is 23.6 Å². The third-order valence-corrected chi connectivity index (χ3v) is 7.31. The summed E-state index contributed by atoms with van der Waals surface area (Å²) in [5, 5.41) is 1.87. The number of nitrogens with zero attached hydrogens (tertiary/aromatic N) is 2. The van der Waals surface area contributed by atoms with E-state index >= 15 is 0 Å². The van der Waals surface area contributed by atoms with Crippen LogP contribution < -0.4 is 4.90 Å². The molecule has 170 valence electrons. The average Bonchev–Trinajstić information content (AvgIpc) is 3.31. The molecule has 0 radical (unpaired) electrons. The maximum Gasteiger partial charge on any atom is 0.298 e. The van der Waals surface area contributed by atoms with Gasteiger partial charge in [0.1, 0.15) is 0 Å². The summed E-state index contributed by atoms with van der Waals surface area (Å²) in [6, 6.07) is 20.7. The van der Waals surface area contributed by atoms with Gasteiger partial charge in [-0.3, -0.25) is 9.59 Å². The molecule has 0 atom stereocenters. The number of hydrogen-bond acceptors (Lipinski definition) is 3. The summed E-state index contributed by atoms with van der Waals surface area (Å²) in [7, 11) is 0. The zero-order valence-electron chi connectivity index (χ0n) is 18.3. The first-order valence-corrected chi connectivity index (χ1v) is 12.4. The molecule has 2 amide bonds. The van der Waals surface area contributed by atoms with Gasteiger partial charge in [-0.2, -0.15) is 0 Å². The molecule has 5 rings (SSSR count). The highest BCUT2D eigenvalue weighted by Gasteiger charge is 2.36. The smallest absolute Gasteiger partial charge is 0.298 e. The second-order valence-corrected chi connectivity index (χ2v) is 9.80. The zero-order valence-corrected chi connectivity index (χ0v) is 20.6. The third-order valence-electron chi connectivity index (χ3n) is 5.84. The fraction of sp³-hybridized carbons (Fsp3) is 0.111. The number of para-hydroxylation sites is 1. The summed E-state index contributed by atoms with van der Waals surface area (Å²) in [5.41, 5.74) is 4.67. The van der Waals surface area contributed by atoms with Crippen molar-refractivity contribution in [3.63, 3.8) is 0 Å². The molecule has 1 aromatic heterocycles. The van der Waals surface area contributed by atoms with Crippen LogP contribution in [0.3, 0.4) is 0 Å². The van der Waals surface area contributed by atoms with Crippen molar-refractivity contribution in [2.24, 2.45) is 0 Å². The Morgan fingerprint density at radius 2 is 1.71 bits per heavy atom. The van der Waals surface area contributed by atoms with Gasteiger partial charge in [0.25, 0.3) is 11.1 Å². The fourth-order valence-electron chi connectivity index (χ4n) is 4.25. The quantitative estimate of drug-likeness (QED) is 0.259. The van der Waals surface area contributed by atoms with Gasteiger partial charge in [0.2, 0.25) is 0 Å². The van der Waals surface area contributed by atoms with Crippen molar-refractivity contribution in [1.82, 2.24) is 4.57 Å². The number of aryl methyl sites for hydroxylation is 1. The molecule has 0 aliphatic carbocycles. The summed E-state index contributed by atoms with van der Waals surface area (Å²) in [6.45, 7) is 2.72. The lowest BCUT2D eigenvalue weighted by Crippen LogP contribution is -2.27. The van der Waals surface area contributed by atoms with Crippen molar-refractivity contribution in [2.45, 2.75) is 19.9 Å². The van der Waals surface area contributed by atoms with Crippen LogP contribution in [0.5, 0.6) is 0 Å². The third kappa shape index (κ3) is 4.16. The van der Waals surface area contributed by atoms with E-state index in [0.717, 1.165) is 40.2 Å². The lowest BCUT2D eigenvalue weighted by molar-refractivity contribution is -0.113. The SMILES string of the molecule is CCc1cccc2c(/C=C3\SC(=O)N(c4cccc(Cl)c4)C3=O)cn(Cc3ccccc3Cl)c12. The summed E-state index contributed by atoms with van der Waals surface area (Å²) in [6.07, 6.45) is 4.70. The summed E-state index contributed by atoms with van der Waals surface area (Å²) < 4.78 is 2.17. The Hall–Kier alpha value is -2.99. The van der Waals surface area contributed by atoms with Gasteiger partial charge in [0.05, 0.1) is 16.1 Å². The van der Waals surface area contributed by atoms with Gasteiger partial charge in [-0.15, -0.1) is 0 Å². The molecule has 1 aliphatic rings. The Morgan fingerprint density at radius 3 is 2.47 bits per heavy atom. The van der Waals surface area contributed by atoms with Gasteiger partial charge >= 0.3 is 0 Å². The van der Waals surface area contributed by atoms with Crippen molar-refractivity contribution < 1.29 is 9.59 Å². The van der Waals surface area contributed by atoms with Gasteiger partial charge < -0.3 is 4.57 Å². The van der Waals surface area contributed by atoms with E-state index in [1.54, 1.807) is 30.3 Å². The van der Waals surface area contributed by atoms with E-state index in [2.05, 4.69) is 17.6 Å². The summed E-state index contributed by atoms with van der Waals surface area (Å²) >= 11 is 13.5. The molecule has 2 heterocycles. The van der Waals surface area contributed by atoms with Gasteiger partial charge in [-0.1, -0.05) is 72.6 Å². The zero-order chi connectivity index (χ0) is 23.8. The molecule has 4 aromatic rings. The molecule has 1 saturated heterocycles. The molecule has 34 heavy (non-hydrogen) atoms. The van der Waals surface area contributed by atoms with Crippen molar-refractivity contribution in [3.8, 4) is 0 Å². The highest BCUT2D eigenvalue weighted by molar-refractivity contribution is 8.19. The Morgan fingerprint density at radius 1 is 0.941 bits per heavy atom. The van der Waals surface area contributed by atoms with Crippen molar-refractivity contribution in [2.75, 3.05) is 4.90 Å². The summed E-state index contributed by atoms with van der Waals surface area (Å²) in [5.74, 6) is -0.351. The minimum Gasteiger partial charge on any atom is -0.342 e. The van der Waals surface area contributed by atoms with Crippen LogP contribution in [-0.2, 0) is 17.8 Å². The van der Waals surface area contributed by atoms with E-state index in [0.29, 0.717) is 27.2 Å². The second-order valence-electron chi connectivity index (χ2n) is 7.97. The maximum atomic E-state index is 13.2. The Kier molecular flexibility index (Phi) is 6.26. The number of halogens is 2. The first-order valence-electron chi connectivity index (χ1n) is 10.8. The van der Waals surface area contributed by atoms with E-state index in [4.69, 9.17) is 23.2 Å². The van der Waals surface area contributed by atoms with E-state index in [1.165, 1.54) is 10.5 Å². The molecule has 0 unspecified atom stereocenters. The maximum absolute atomic E-state index is 13.2. The number of aromatic nitrogens is 1. The van der Waals surface area contributed by atoms with Gasteiger partial charge in [-0.25, -0.2) is 4.90 Å². The van der Waals surface area contributed by atoms with Gasteiger partial charge in [-0.05, 0) is 59.7 Å². The van der Waals surface area contributed by atoms with Crippen LogP contribution in [0, 0.1) is 0 Å².